The van der Waals surface area contributed by atoms with Crippen LogP contribution in [-0.4, -0.2) is 25.9 Å². The van der Waals surface area contributed by atoms with Gasteiger partial charge in [0.2, 0.25) is 0 Å². The molecule has 0 bridgehead atoms. The van der Waals surface area contributed by atoms with E-state index in [4.69, 9.17) is 21.1 Å². The number of allylic oxidation sites excluding steroid dienone is 1. The van der Waals surface area contributed by atoms with Crippen LogP contribution in [0.2, 0.25) is 0 Å². The van der Waals surface area contributed by atoms with E-state index in [2.05, 4.69) is 19.1 Å². The van der Waals surface area contributed by atoms with E-state index in [1.165, 1.54) is 0 Å². The van der Waals surface area contributed by atoms with Crippen LogP contribution in [0.5, 0.6) is 0 Å². The predicted octanol–water partition coefficient (Wildman–Crippen LogP) is 2.96. The highest BCUT2D eigenvalue weighted by Gasteiger charge is 1.85. The summed E-state index contributed by atoms with van der Waals surface area (Å²) in [5.74, 6) is 0.691. The maximum Gasteiger partial charge on any atom is 0.146 e. The fourth-order valence-electron chi connectivity index (χ4n) is 0.771. The van der Waals surface area contributed by atoms with E-state index in [-0.39, 0.29) is 0 Å². The molecule has 0 rings (SSSR count). The summed E-state index contributed by atoms with van der Waals surface area (Å²) < 4.78 is 10.4. The maximum absolute atomic E-state index is 5.50. The van der Waals surface area contributed by atoms with Crippen molar-refractivity contribution in [3.8, 4) is 0 Å². The smallest absolute Gasteiger partial charge is 0.146 e. The zero-order valence-corrected chi connectivity index (χ0v) is 9.05. The molecule has 13 heavy (non-hydrogen) atoms. The van der Waals surface area contributed by atoms with Crippen molar-refractivity contribution in [1.82, 2.24) is 0 Å². The maximum atomic E-state index is 5.50. The van der Waals surface area contributed by atoms with Gasteiger partial charge in [0, 0.05) is 12.5 Å². The number of alkyl halides is 1. The Kier molecular flexibility index (Phi) is 11.9. The van der Waals surface area contributed by atoms with E-state index in [1.54, 1.807) is 0 Å². The summed E-state index contributed by atoms with van der Waals surface area (Å²) in [5, 5.41) is 0. The molecule has 2 nitrogen and oxygen atoms in total. The minimum absolute atomic E-state index is 0.414. The van der Waals surface area contributed by atoms with E-state index in [0.717, 1.165) is 32.5 Å². The lowest BCUT2D eigenvalue weighted by Crippen LogP contribution is -2.01. The molecule has 0 aromatic carbocycles. The number of hydrogen-bond acceptors (Lipinski definition) is 2. The van der Waals surface area contributed by atoms with Gasteiger partial charge in [-0.15, -0.1) is 11.6 Å². The van der Waals surface area contributed by atoms with Gasteiger partial charge in [-0.3, -0.25) is 0 Å². The lowest BCUT2D eigenvalue weighted by atomic mass is 10.3. The van der Waals surface area contributed by atoms with Gasteiger partial charge in [-0.1, -0.05) is 19.1 Å². The van der Waals surface area contributed by atoms with E-state index in [9.17, 15) is 0 Å². The topological polar surface area (TPSA) is 18.5 Å². The molecule has 3 heteroatoms. The first-order valence-corrected chi connectivity index (χ1v) is 5.31. The standard InChI is InChI=1S/C10H19ClO2/c1-2-8-12-10-13-9-6-4-3-5-7-11/h3-4H,2,5-10H2,1H3/b4-3+. The summed E-state index contributed by atoms with van der Waals surface area (Å²) in [6.07, 6.45) is 7.07. The molecule has 0 aliphatic heterocycles. The predicted molar refractivity (Wildman–Crippen MR) is 56.2 cm³/mol. The highest BCUT2D eigenvalue weighted by atomic mass is 35.5. The van der Waals surface area contributed by atoms with Crippen molar-refractivity contribution < 1.29 is 9.47 Å². The van der Waals surface area contributed by atoms with Crippen LogP contribution in [0.4, 0.5) is 0 Å². The molecule has 0 aliphatic carbocycles. The lowest BCUT2D eigenvalue weighted by Gasteiger charge is -2.02. The highest BCUT2D eigenvalue weighted by Crippen LogP contribution is 1.91. The molecule has 0 aliphatic rings. The Bertz CT molecular complexity index is 115. The number of halogens is 1. The molecule has 0 N–H and O–H groups in total. The Labute approximate surface area is 85.9 Å². The van der Waals surface area contributed by atoms with E-state index in [0.29, 0.717) is 12.7 Å². The molecule has 0 unspecified atom stereocenters. The van der Waals surface area contributed by atoms with Crippen LogP contribution in [0.15, 0.2) is 12.2 Å². The summed E-state index contributed by atoms with van der Waals surface area (Å²) in [6.45, 7) is 4.00. The van der Waals surface area contributed by atoms with Crippen LogP contribution in [-0.2, 0) is 9.47 Å². The Morgan fingerprint density at radius 1 is 1.08 bits per heavy atom. The third kappa shape index (κ3) is 12.0. The van der Waals surface area contributed by atoms with Gasteiger partial charge in [0.25, 0.3) is 0 Å². The minimum Gasteiger partial charge on any atom is -0.355 e. The van der Waals surface area contributed by atoms with Gasteiger partial charge in [0.05, 0.1) is 6.61 Å². The number of ether oxygens (including phenoxy) is 2. The van der Waals surface area contributed by atoms with Crippen molar-refractivity contribution in [2.45, 2.75) is 26.2 Å². The average molecular weight is 207 g/mol. The van der Waals surface area contributed by atoms with Crippen molar-refractivity contribution in [2.75, 3.05) is 25.9 Å². The summed E-state index contributed by atoms with van der Waals surface area (Å²) in [7, 11) is 0. The molecule has 0 saturated heterocycles. The normalized spacial score (nSPS) is 11.2. The van der Waals surface area contributed by atoms with Gasteiger partial charge < -0.3 is 9.47 Å². The summed E-state index contributed by atoms with van der Waals surface area (Å²) in [4.78, 5) is 0. The van der Waals surface area contributed by atoms with Crippen molar-refractivity contribution in [1.29, 1.82) is 0 Å². The summed E-state index contributed by atoms with van der Waals surface area (Å²) in [5.41, 5.74) is 0. The number of hydrogen-bond donors (Lipinski definition) is 0. The average Bonchev–Trinajstić information content (AvgIpc) is 2.16. The molecular formula is C10H19ClO2. The van der Waals surface area contributed by atoms with Crippen LogP contribution in [0, 0.1) is 0 Å². The first kappa shape index (κ1) is 12.9. The third-order valence-electron chi connectivity index (χ3n) is 1.39. The first-order valence-electron chi connectivity index (χ1n) is 4.78. The Morgan fingerprint density at radius 3 is 2.46 bits per heavy atom. The molecule has 0 aromatic rings. The number of rotatable bonds is 9. The van der Waals surface area contributed by atoms with Crippen LogP contribution in [0.25, 0.3) is 0 Å². The Hall–Kier alpha value is -0.0500. The zero-order chi connectivity index (χ0) is 9.78. The fourth-order valence-corrected chi connectivity index (χ4v) is 0.897. The van der Waals surface area contributed by atoms with Gasteiger partial charge in [-0.25, -0.2) is 0 Å². The highest BCUT2D eigenvalue weighted by molar-refractivity contribution is 6.17. The van der Waals surface area contributed by atoms with Crippen LogP contribution in [0.1, 0.15) is 26.2 Å². The molecular weight excluding hydrogens is 188 g/mol. The van der Waals surface area contributed by atoms with E-state index in [1.807, 2.05) is 0 Å². The third-order valence-corrected chi connectivity index (χ3v) is 1.60. The van der Waals surface area contributed by atoms with Crippen molar-refractivity contribution in [3.05, 3.63) is 12.2 Å². The van der Waals surface area contributed by atoms with Crippen LogP contribution >= 0.6 is 11.6 Å². The molecule has 0 spiro atoms. The van der Waals surface area contributed by atoms with Crippen molar-refractivity contribution in [3.63, 3.8) is 0 Å². The van der Waals surface area contributed by atoms with Gasteiger partial charge in [-0.05, 0) is 19.3 Å². The van der Waals surface area contributed by atoms with Crippen molar-refractivity contribution in [2.24, 2.45) is 0 Å². The van der Waals surface area contributed by atoms with Crippen LogP contribution < -0.4 is 0 Å². The second kappa shape index (κ2) is 11.9. The minimum atomic E-state index is 0.414. The molecule has 0 heterocycles. The molecule has 0 amide bonds. The van der Waals surface area contributed by atoms with Gasteiger partial charge in [-0.2, -0.15) is 0 Å². The largest absolute Gasteiger partial charge is 0.355 e. The monoisotopic (exact) mass is 206 g/mol. The molecule has 0 radical (unpaired) electrons. The van der Waals surface area contributed by atoms with Crippen molar-refractivity contribution >= 4 is 11.6 Å². The zero-order valence-electron chi connectivity index (χ0n) is 8.30. The van der Waals surface area contributed by atoms with Gasteiger partial charge >= 0.3 is 0 Å². The first-order chi connectivity index (χ1) is 6.41. The van der Waals surface area contributed by atoms with Gasteiger partial charge in [0.15, 0.2) is 0 Å². The molecule has 78 valence electrons. The van der Waals surface area contributed by atoms with Crippen LogP contribution in [0.3, 0.4) is 0 Å². The second-order valence-corrected chi connectivity index (χ2v) is 3.05. The SMILES string of the molecule is CCCOCOCC/C=C/CCCl. The summed E-state index contributed by atoms with van der Waals surface area (Å²) >= 11 is 5.50. The fraction of sp³-hybridized carbons (Fsp3) is 0.800. The molecule has 0 saturated carbocycles. The Balaban J connectivity index is 2.91. The van der Waals surface area contributed by atoms with Gasteiger partial charge in [0.1, 0.15) is 6.79 Å². The second-order valence-electron chi connectivity index (χ2n) is 2.67. The van der Waals surface area contributed by atoms with E-state index < -0.39 is 0 Å². The molecule has 0 atom stereocenters. The molecule has 0 fully saturated rings. The quantitative estimate of drug-likeness (QED) is 0.250. The molecule has 0 aromatic heterocycles. The lowest BCUT2D eigenvalue weighted by molar-refractivity contribution is -0.0519. The summed E-state index contributed by atoms with van der Waals surface area (Å²) in [6, 6.07) is 0. The van der Waals surface area contributed by atoms with E-state index >= 15 is 0 Å². The Morgan fingerprint density at radius 2 is 1.77 bits per heavy atom.